The van der Waals surface area contributed by atoms with E-state index in [0.717, 1.165) is 18.2 Å². The van der Waals surface area contributed by atoms with Gasteiger partial charge in [-0.25, -0.2) is 9.48 Å². The molecule has 1 heterocycles. The van der Waals surface area contributed by atoms with Crippen LogP contribution in [0.1, 0.15) is 17.2 Å². The standard InChI is InChI=1S/C24H22ClF6N5O5/c25-16-6-4-13(5-7-16)20-34-36(22(41)35(20)11-17(38)24(29,30)31)12-18(39)33-19(21(40)32-8-9-37)14-2-1-3-15(10-14)23(26,27)28/h1-7,10,17,19,37-38H,8-9,11-12H2,(H,32,40)(H,33,39)/t17-,19?/m0/s1. The second-order valence-corrected chi connectivity index (χ2v) is 9.01. The molecule has 2 aromatic carbocycles. The van der Waals surface area contributed by atoms with Crippen LogP contribution in [0.15, 0.2) is 53.3 Å². The summed E-state index contributed by atoms with van der Waals surface area (Å²) in [5.74, 6) is -2.45. The number of aliphatic hydroxyl groups excluding tert-OH is 2. The van der Waals surface area contributed by atoms with Crippen LogP contribution < -0.4 is 16.3 Å². The Morgan fingerprint density at radius 3 is 2.29 bits per heavy atom. The maximum atomic E-state index is 13.2. The fourth-order valence-corrected chi connectivity index (χ4v) is 3.74. The number of aromatic nitrogens is 3. The Hall–Kier alpha value is -3.89. The van der Waals surface area contributed by atoms with Gasteiger partial charge in [0.25, 0.3) is 0 Å². The van der Waals surface area contributed by atoms with Crippen molar-refractivity contribution in [2.24, 2.45) is 0 Å². The molecule has 17 heteroatoms. The molecule has 0 spiro atoms. The summed E-state index contributed by atoms with van der Waals surface area (Å²) in [6, 6.07) is 7.20. The molecule has 2 amide bonds. The number of benzene rings is 2. The summed E-state index contributed by atoms with van der Waals surface area (Å²) >= 11 is 5.83. The fourth-order valence-electron chi connectivity index (χ4n) is 3.62. The predicted molar refractivity (Wildman–Crippen MR) is 131 cm³/mol. The second-order valence-electron chi connectivity index (χ2n) is 8.58. The van der Waals surface area contributed by atoms with Gasteiger partial charge in [-0.15, -0.1) is 5.10 Å². The smallest absolute Gasteiger partial charge is 0.395 e. The van der Waals surface area contributed by atoms with E-state index >= 15 is 0 Å². The minimum absolute atomic E-state index is 0.116. The highest BCUT2D eigenvalue weighted by atomic mass is 35.5. The van der Waals surface area contributed by atoms with Gasteiger partial charge in [-0.2, -0.15) is 26.3 Å². The summed E-state index contributed by atoms with van der Waals surface area (Å²) in [4.78, 5) is 38.5. The number of aliphatic hydroxyl groups is 2. The van der Waals surface area contributed by atoms with Gasteiger partial charge in [-0.05, 0) is 42.0 Å². The van der Waals surface area contributed by atoms with Crippen molar-refractivity contribution in [3.05, 3.63) is 75.2 Å². The van der Waals surface area contributed by atoms with Gasteiger partial charge in [-0.3, -0.25) is 14.2 Å². The molecule has 4 N–H and O–H groups in total. The highest BCUT2D eigenvalue weighted by molar-refractivity contribution is 6.30. The van der Waals surface area contributed by atoms with Crippen LogP contribution >= 0.6 is 11.6 Å². The maximum absolute atomic E-state index is 13.2. The number of rotatable bonds is 10. The van der Waals surface area contributed by atoms with Gasteiger partial charge in [0, 0.05) is 17.1 Å². The van der Waals surface area contributed by atoms with E-state index in [1.165, 1.54) is 24.3 Å². The number of nitrogens with one attached hydrogen (secondary N) is 2. The number of halogens is 7. The van der Waals surface area contributed by atoms with E-state index in [0.29, 0.717) is 15.3 Å². The highest BCUT2D eigenvalue weighted by Gasteiger charge is 2.39. The zero-order valence-electron chi connectivity index (χ0n) is 20.7. The average molecular weight is 610 g/mol. The normalized spacial score (nSPS) is 13.5. The summed E-state index contributed by atoms with van der Waals surface area (Å²) in [5, 5.41) is 27.1. The van der Waals surface area contributed by atoms with Crippen LogP contribution in [0.2, 0.25) is 5.02 Å². The molecule has 0 radical (unpaired) electrons. The van der Waals surface area contributed by atoms with Crippen LogP contribution in [0.5, 0.6) is 0 Å². The van der Waals surface area contributed by atoms with Crippen molar-refractivity contribution in [2.45, 2.75) is 37.6 Å². The van der Waals surface area contributed by atoms with E-state index in [4.69, 9.17) is 16.7 Å². The van der Waals surface area contributed by atoms with Crippen molar-refractivity contribution < 1.29 is 46.1 Å². The summed E-state index contributed by atoms with van der Waals surface area (Å²) < 4.78 is 79.8. The van der Waals surface area contributed by atoms with Gasteiger partial charge in [-0.1, -0.05) is 23.7 Å². The van der Waals surface area contributed by atoms with E-state index in [-0.39, 0.29) is 28.5 Å². The predicted octanol–water partition coefficient (Wildman–Crippen LogP) is 2.27. The van der Waals surface area contributed by atoms with E-state index < -0.39 is 67.3 Å². The molecule has 0 saturated carbocycles. The second kappa shape index (κ2) is 12.7. The lowest BCUT2D eigenvalue weighted by Crippen LogP contribution is -2.43. The molecule has 2 atom stereocenters. The molecule has 0 bridgehead atoms. The molecule has 0 aliphatic heterocycles. The summed E-state index contributed by atoms with van der Waals surface area (Å²) in [6.45, 7) is -3.03. The molecule has 41 heavy (non-hydrogen) atoms. The van der Waals surface area contributed by atoms with Crippen LogP contribution in [-0.4, -0.2) is 61.8 Å². The molecular formula is C24H22ClF6N5O5. The lowest BCUT2D eigenvalue weighted by Gasteiger charge is -2.20. The molecule has 222 valence electrons. The molecule has 0 aliphatic carbocycles. The van der Waals surface area contributed by atoms with Crippen molar-refractivity contribution in [1.29, 1.82) is 0 Å². The number of carbonyl (C=O) groups excluding carboxylic acids is 2. The van der Waals surface area contributed by atoms with E-state index in [1.54, 1.807) is 0 Å². The van der Waals surface area contributed by atoms with Gasteiger partial charge in [0.1, 0.15) is 12.6 Å². The Labute approximate surface area is 232 Å². The average Bonchev–Trinajstić information content (AvgIpc) is 3.19. The third-order valence-corrected chi connectivity index (χ3v) is 5.83. The molecule has 10 nitrogen and oxygen atoms in total. The first-order valence-electron chi connectivity index (χ1n) is 11.6. The molecule has 0 fully saturated rings. The van der Waals surface area contributed by atoms with Gasteiger partial charge in [0.05, 0.1) is 18.7 Å². The van der Waals surface area contributed by atoms with Crippen molar-refractivity contribution in [1.82, 2.24) is 25.0 Å². The topological polar surface area (TPSA) is 138 Å². The molecule has 3 aromatic rings. The number of nitrogens with zero attached hydrogens (tertiary/aromatic N) is 3. The first kappa shape index (κ1) is 31.6. The van der Waals surface area contributed by atoms with Crippen LogP contribution in [0, 0.1) is 0 Å². The van der Waals surface area contributed by atoms with E-state index in [9.17, 15) is 45.8 Å². The Balaban J connectivity index is 1.96. The highest BCUT2D eigenvalue weighted by Crippen LogP contribution is 2.31. The lowest BCUT2D eigenvalue weighted by atomic mass is 10.0. The van der Waals surface area contributed by atoms with Crippen LogP contribution in [-0.2, 0) is 28.9 Å². The van der Waals surface area contributed by atoms with Crippen LogP contribution in [0.4, 0.5) is 26.3 Å². The molecule has 3 rings (SSSR count). The zero-order valence-corrected chi connectivity index (χ0v) is 21.5. The van der Waals surface area contributed by atoms with Crippen molar-refractivity contribution in [3.63, 3.8) is 0 Å². The number of alkyl halides is 6. The largest absolute Gasteiger partial charge is 0.416 e. The van der Waals surface area contributed by atoms with Gasteiger partial charge in [0.15, 0.2) is 11.9 Å². The molecule has 1 aromatic heterocycles. The lowest BCUT2D eigenvalue weighted by molar-refractivity contribution is -0.207. The molecule has 0 aliphatic rings. The minimum Gasteiger partial charge on any atom is -0.395 e. The van der Waals surface area contributed by atoms with Crippen LogP contribution in [0.3, 0.4) is 0 Å². The zero-order chi connectivity index (χ0) is 30.5. The van der Waals surface area contributed by atoms with Crippen molar-refractivity contribution in [2.75, 3.05) is 13.2 Å². The molecule has 1 unspecified atom stereocenters. The minimum atomic E-state index is -5.09. The number of amides is 2. The summed E-state index contributed by atoms with van der Waals surface area (Å²) in [6.07, 6.45) is -12.8. The summed E-state index contributed by atoms with van der Waals surface area (Å²) in [7, 11) is 0. The summed E-state index contributed by atoms with van der Waals surface area (Å²) in [5.41, 5.74) is -2.51. The van der Waals surface area contributed by atoms with Crippen molar-refractivity contribution >= 4 is 23.4 Å². The fraction of sp³-hybridized carbons (Fsp3) is 0.333. The van der Waals surface area contributed by atoms with Crippen LogP contribution in [0.25, 0.3) is 11.4 Å². The quantitative estimate of drug-likeness (QED) is 0.260. The third-order valence-electron chi connectivity index (χ3n) is 5.58. The third kappa shape index (κ3) is 8.08. The molecule has 0 saturated heterocycles. The monoisotopic (exact) mass is 609 g/mol. The van der Waals surface area contributed by atoms with Crippen molar-refractivity contribution in [3.8, 4) is 11.4 Å². The number of carbonyl (C=O) groups is 2. The van der Waals surface area contributed by atoms with Gasteiger partial charge < -0.3 is 20.8 Å². The Morgan fingerprint density at radius 1 is 1.05 bits per heavy atom. The van der Waals surface area contributed by atoms with E-state index in [2.05, 4.69) is 15.7 Å². The SMILES string of the molecule is O=C(Cn1nc(-c2ccc(Cl)cc2)n(C[C@H](O)C(F)(F)F)c1=O)NC(C(=O)NCCO)c1cccc(C(F)(F)F)c1. The number of hydrogen-bond donors (Lipinski definition) is 4. The van der Waals surface area contributed by atoms with E-state index in [1.807, 2.05) is 0 Å². The maximum Gasteiger partial charge on any atom is 0.416 e. The Morgan fingerprint density at radius 2 is 1.71 bits per heavy atom. The number of hydrogen-bond acceptors (Lipinski definition) is 6. The first-order chi connectivity index (χ1) is 19.1. The first-order valence-corrected chi connectivity index (χ1v) is 12.0. The Bertz CT molecular complexity index is 1440. The molecular weight excluding hydrogens is 588 g/mol. The van der Waals surface area contributed by atoms with Gasteiger partial charge in [0.2, 0.25) is 11.8 Å². The van der Waals surface area contributed by atoms with Gasteiger partial charge >= 0.3 is 18.0 Å². The Kier molecular flexibility index (Phi) is 9.83.